The van der Waals surface area contributed by atoms with Crippen molar-refractivity contribution in [3.63, 3.8) is 0 Å². The summed E-state index contributed by atoms with van der Waals surface area (Å²) in [4.78, 5) is 8.69. The van der Waals surface area contributed by atoms with Crippen LogP contribution < -0.4 is 5.48 Å². The molecule has 6 heteroatoms. The van der Waals surface area contributed by atoms with Crippen LogP contribution in [-0.2, 0) is 79.6 Å². The number of nitrogens with one attached hydrogen (secondary N) is 1. The minimum Gasteiger partial charge on any atom is -0.518 e. The summed E-state index contributed by atoms with van der Waals surface area (Å²) in [5.41, 5.74) is 1.12. The fourth-order valence-electron chi connectivity index (χ4n) is 0. The minimum atomic E-state index is 0. The quantitative estimate of drug-likeness (QED) is 0.204. The van der Waals surface area contributed by atoms with Gasteiger partial charge in [0.1, 0.15) is 0 Å². The Labute approximate surface area is 95.4 Å². The van der Waals surface area contributed by atoms with E-state index in [1.165, 1.54) is 0 Å². The maximum Gasteiger partial charge on any atom is 0 e. The molecule has 0 aromatic rings. The summed E-state index contributed by atoms with van der Waals surface area (Å²) >= 11 is 0. The first kappa shape index (κ1) is 23.1. The Hall–Kier alpha value is 1.91. The molecule has 0 aromatic carbocycles. The molecule has 0 aliphatic rings. The molecule has 0 aliphatic heterocycles. The third kappa shape index (κ3) is 32.6. The van der Waals surface area contributed by atoms with Gasteiger partial charge in [0.2, 0.25) is 0 Å². The molecule has 0 heterocycles. The molecule has 0 spiro atoms. The van der Waals surface area contributed by atoms with Crippen molar-refractivity contribution < 1.29 is 84.8 Å². The predicted octanol–water partition coefficient (Wildman–Crippen LogP) is -0.975. The van der Waals surface area contributed by atoms with Gasteiger partial charge in [0.05, 0.1) is 0 Å². The zero-order valence-electron chi connectivity index (χ0n) is 3.25. The number of hydrogen-bond acceptors (Lipinski definition) is 2. The van der Waals surface area contributed by atoms with Crippen LogP contribution in [0.15, 0.2) is 0 Å². The number of hydrogen-bond donors (Lipinski definition) is 2. The van der Waals surface area contributed by atoms with Crippen LogP contribution in [0, 0.1) is 0 Å². The summed E-state index contributed by atoms with van der Waals surface area (Å²) in [5, 5.41) is 7.20. The molecule has 0 bridgehead atoms. The van der Waals surface area contributed by atoms with Crippen molar-refractivity contribution >= 4 is 6.41 Å². The maximum absolute atomic E-state index is 8.69. The van der Waals surface area contributed by atoms with Crippen molar-refractivity contribution in [1.29, 1.82) is 0 Å². The Morgan fingerprint density at radius 1 is 1.43 bits per heavy atom. The first-order chi connectivity index (χ1) is 1.91. The van der Waals surface area contributed by atoms with Gasteiger partial charge < -0.3 is 15.5 Å². The molecule has 0 aliphatic carbocycles. The second-order valence-electron chi connectivity index (χ2n) is 0.214. The van der Waals surface area contributed by atoms with Crippen LogP contribution in [0.1, 0.15) is 0 Å². The maximum atomic E-state index is 8.69. The van der Waals surface area contributed by atoms with Gasteiger partial charge in [0, 0.05) is 74.8 Å². The van der Waals surface area contributed by atoms with Crippen LogP contribution in [0.25, 0.3) is 0 Å². The Morgan fingerprint density at radius 2 is 1.57 bits per heavy atom. The molecule has 0 rings (SSSR count). The molecule has 1 radical (unpaired) electrons. The van der Waals surface area contributed by atoms with Crippen LogP contribution in [-0.4, -0.2) is 11.6 Å². The standard InChI is InChI=1S/CH2NO2.2W.Y/c3-1-2-4;;;/h4H,(H,2,3);;;/q-1;;;. The van der Waals surface area contributed by atoms with E-state index in [1.807, 2.05) is 0 Å². The monoisotopic (exact) mass is 517 g/mol. The number of amides is 1. The van der Waals surface area contributed by atoms with Crippen LogP contribution in [0.4, 0.5) is 0 Å². The number of rotatable bonds is 1. The van der Waals surface area contributed by atoms with Crippen LogP contribution >= 0.6 is 0 Å². The fraction of sp³-hybridized carbons (Fsp3) is 0. The second kappa shape index (κ2) is 24.7. The van der Waals surface area contributed by atoms with Crippen molar-refractivity contribution in [3.05, 3.63) is 0 Å². The van der Waals surface area contributed by atoms with E-state index < -0.39 is 0 Å². The first-order valence-corrected chi connectivity index (χ1v) is 0.678. The first-order valence-electron chi connectivity index (χ1n) is 0.678. The number of carbonyl (C=O) groups excluding carboxylic acids is 1. The van der Waals surface area contributed by atoms with Crippen molar-refractivity contribution in [1.82, 2.24) is 5.48 Å². The molecular weight excluding hydrogens is 515 g/mol. The zero-order valence-corrected chi connectivity index (χ0v) is 12.0. The molecule has 2 N–H and O–H groups in total. The summed E-state index contributed by atoms with van der Waals surface area (Å²) in [6.45, 7) is 0. The molecule has 3 nitrogen and oxygen atoms in total. The van der Waals surface area contributed by atoms with Crippen molar-refractivity contribution in [2.24, 2.45) is 0 Å². The number of hydroxylamine groups is 1. The summed E-state index contributed by atoms with van der Waals surface area (Å²) < 4.78 is 0. The van der Waals surface area contributed by atoms with Gasteiger partial charge in [0.25, 0.3) is 0 Å². The molecule has 7 heavy (non-hydrogen) atoms. The summed E-state index contributed by atoms with van der Waals surface area (Å²) in [6, 6.07) is 0. The van der Waals surface area contributed by atoms with E-state index in [4.69, 9.17) is 10.0 Å². The average molecular weight is 517 g/mol. The van der Waals surface area contributed by atoms with E-state index in [0.29, 0.717) is 0 Å². The van der Waals surface area contributed by atoms with Gasteiger partial charge in [-0.15, -0.1) is 6.41 Å². The van der Waals surface area contributed by atoms with E-state index in [0.717, 1.165) is 11.9 Å². The minimum absolute atomic E-state index is 0. The fourth-order valence-corrected chi connectivity index (χ4v) is 0. The normalized spacial score (nSPS) is 3.00. The van der Waals surface area contributed by atoms with Crippen molar-refractivity contribution in [2.45, 2.75) is 0 Å². The largest absolute Gasteiger partial charge is 0.518 e. The molecule has 0 atom stereocenters. The molecule has 0 aromatic heterocycles. The molecule has 0 saturated carbocycles. The van der Waals surface area contributed by atoms with Gasteiger partial charge in [-0.05, 0) is 0 Å². The summed E-state index contributed by atoms with van der Waals surface area (Å²) in [6.07, 6.45) is 0.986. The molecule has 0 fully saturated rings. The molecule has 1 amide bonds. The predicted molar refractivity (Wildman–Crippen MR) is 10.6 cm³/mol. The van der Waals surface area contributed by atoms with E-state index in [9.17, 15) is 0 Å². The molecule has 39 valence electrons. The Balaban J connectivity index is -0.0000000150. The zero-order chi connectivity index (χ0) is 3.41. The van der Waals surface area contributed by atoms with Gasteiger partial charge in [-0.2, -0.15) is 0 Å². The van der Waals surface area contributed by atoms with Gasteiger partial charge in [-0.25, -0.2) is 0 Å². The Kier molecular flexibility index (Phi) is 81.6. The van der Waals surface area contributed by atoms with E-state index >= 15 is 0 Å². The van der Waals surface area contributed by atoms with E-state index in [2.05, 4.69) is 0 Å². The molecular formula is CH2NO2W2Y-. The van der Waals surface area contributed by atoms with E-state index in [-0.39, 0.29) is 74.8 Å². The molecule has 0 saturated heterocycles. The third-order valence-electron chi connectivity index (χ3n) is 0.0456. The molecule has 0 unspecified atom stereocenters. The van der Waals surface area contributed by atoms with Crippen molar-refractivity contribution in [3.8, 4) is 0 Å². The van der Waals surface area contributed by atoms with Crippen LogP contribution in [0.2, 0.25) is 0 Å². The van der Waals surface area contributed by atoms with Gasteiger partial charge in [-0.1, -0.05) is 0 Å². The van der Waals surface area contributed by atoms with Crippen molar-refractivity contribution in [2.75, 3.05) is 0 Å². The topological polar surface area (TPSA) is 49.3 Å². The van der Waals surface area contributed by atoms with E-state index in [1.54, 1.807) is 0 Å². The van der Waals surface area contributed by atoms with Gasteiger partial charge in [-0.3, -0.25) is 0 Å². The van der Waals surface area contributed by atoms with Gasteiger partial charge >= 0.3 is 0 Å². The smallest absolute Gasteiger partial charge is 0 e. The van der Waals surface area contributed by atoms with Crippen LogP contribution in [0.5, 0.6) is 0 Å². The Bertz CT molecular complexity index is 29.7. The second-order valence-corrected chi connectivity index (χ2v) is 0.214. The average Bonchev–Trinajstić information content (AvgIpc) is 1.37. The Morgan fingerprint density at radius 3 is 1.57 bits per heavy atom. The summed E-state index contributed by atoms with van der Waals surface area (Å²) in [5.74, 6) is 0. The van der Waals surface area contributed by atoms with Gasteiger partial charge in [0.15, 0.2) is 0 Å². The van der Waals surface area contributed by atoms with Crippen LogP contribution in [0.3, 0.4) is 0 Å². The third-order valence-corrected chi connectivity index (χ3v) is 0.0456. The summed E-state index contributed by atoms with van der Waals surface area (Å²) in [7, 11) is 0. The SMILES string of the molecule is O=[C-]NO.[W].[W].[Y].